The van der Waals surface area contributed by atoms with E-state index in [2.05, 4.69) is 11.7 Å². The minimum absolute atomic E-state index is 0.0398. The maximum Gasteiger partial charge on any atom is 0.527 e. The van der Waals surface area contributed by atoms with Gasteiger partial charge in [0.2, 0.25) is 0 Å². The molecular formula is C28H22F8O5. The molecule has 3 aromatic rings. The highest BCUT2D eigenvalue weighted by atomic mass is 19.4. The van der Waals surface area contributed by atoms with Crippen LogP contribution in [0.3, 0.4) is 0 Å². The van der Waals surface area contributed by atoms with Gasteiger partial charge < -0.3 is 14.2 Å². The second-order valence-electron chi connectivity index (χ2n) is 9.19. The predicted molar refractivity (Wildman–Crippen MR) is 127 cm³/mol. The van der Waals surface area contributed by atoms with E-state index >= 15 is 0 Å². The first-order valence-electron chi connectivity index (χ1n) is 12.3. The minimum atomic E-state index is -5.78. The molecule has 5 nitrogen and oxygen atoms in total. The van der Waals surface area contributed by atoms with Crippen LogP contribution < -0.4 is 4.74 Å². The van der Waals surface area contributed by atoms with Crippen molar-refractivity contribution in [3.8, 4) is 16.9 Å². The summed E-state index contributed by atoms with van der Waals surface area (Å²) in [5, 5.41) is 0. The van der Waals surface area contributed by atoms with E-state index in [1.54, 1.807) is 12.1 Å². The summed E-state index contributed by atoms with van der Waals surface area (Å²) in [4.78, 5) is 12.5. The number of halogens is 8. The summed E-state index contributed by atoms with van der Waals surface area (Å²) in [5.41, 5.74) is -2.60. The van der Waals surface area contributed by atoms with Crippen LogP contribution in [0.4, 0.5) is 35.1 Å². The second kappa shape index (κ2) is 12.1. The van der Waals surface area contributed by atoms with Gasteiger partial charge in [-0.2, -0.15) is 8.78 Å². The summed E-state index contributed by atoms with van der Waals surface area (Å²) < 4.78 is 127. The van der Waals surface area contributed by atoms with E-state index in [4.69, 9.17) is 14.2 Å². The summed E-state index contributed by atoms with van der Waals surface area (Å²) in [7, 11) is 0. The first kappa shape index (κ1) is 30.4. The summed E-state index contributed by atoms with van der Waals surface area (Å²) >= 11 is 0. The molecule has 3 aromatic carbocycles. The molecule has 0 amide bonds. The summed E-state index contributed by atoms with van der Waals surface area (Å²) in [6.07, 6.45) is -9.50. The number of ether oxygens (including phenoxy) is 4. The van der Waals surface area contributed by atoms with Crippen LogP contribution in [0.15, 0.2) is 54.6 Å². The molecule has 0 saturated carbocycles. The third-order valence-electron chi connectivity index (χ3n) is 6.12. The number of carbonyl (C=O) groups excluding carboxylic acids is 1. The Morgan fingerprint density at radius 1 is 0.878 bits per heavy atom. The number of hydrogen-bond acceptors (Lipinski definition) is 5. The number of esters is 1. The molecular weight excluding hydrogens is 568 g/mol. The first-order chi connectivity index (χ1) is 19.3. The Hall–Kier alpha value is -3.55. The molecule has 1 heterocycles. The van der Waals surface area contributed by atoms with Gasteiger partial charge in [-0.05, 0) is 36.2 Å². The molecule has 0 spiro atoms. The Balaban J connectivity index is 1.46. The van der Waals surface area contributed by atoms with Gasteiger partial charge in [-0.25, -0.2) is 22.7 Å². The van der Waals surface area contributed by atoms with Crippen LogP contribution in [0.1, 0.15) is 47.5 Å². The van der Waals surface area contributed by atoms with E-state index < -0.39 is 64.6 Å². The van der Waals surface area contributed by atoms with Crippen LogP contribution in [-0.4, -0.2) is 25.5 Å². The lowest BCUT2D eigenvalue weighted by molar-refractivity contribution is -0.432. The number of carbonyl (C=O) groups is 1. The molecule has 13 heteroatoms. The van der Waals surface area contributed by atoms with Crippen molar-refractivity contribution in [3.05, 3.63) is 88.7 Å². The molecule has 1 aliphatic rings. The molecule has 0 unspecified atom stereocenters. The highest BCUT2D eigenvalue weighted by Gasteiger charge is 2.47. The Morgan fingerprint density at radius 3 is 2.02 bits per heavy atom. The fraction of sp³-hybridized carbons (Fsp3) is 0.321. The number of rotatable bonds is 8. The maximum atomic E-state index is 14.8. The molecule has 4 rings (SSSR count). The lowest BCUT2D eigenvalue weighted by atomic mass is 10.0. The van der Waals surface area contributed by atoms with Crippen molar-refractivity contribution in [2.24, 2.45) is 5.92 Å². The van der Waals surface area contributed by atoms with Crippen molar-refractivity contribution in [2.75, 3.05) is 13.2 Å². The van der Waals surface area contributed by atoms with E-state index in [1.807, 2.05) is 0 Å². The lowest BCUT2D eigenvalue weighted by Gasteiger charge is -2.29. The monoisotopic (exact) mass is 590 g/mol. The van der Waals surface area contributed by atoms with Crippen molar-refractivity contribution >= 4 is 5.97 Å². The molecule has 0 aliphatic carbocycles. The molecule has 1 saturated heterocycles. The molecule has 1 aliphatic heterocycles. The van der Waals surface area contributed by atoms with Crippen LogP contribution >= 0.6 is 0 Å². The van der Waals surface area contributed by atoms with Crippen LogP contribution in [0.5, 0.6) is 5.75 Å². The van der Waals surface area contributed by atoms with E-state index in [1.165, 1.54) is 12.1 Å². The second-order valence-corrected chi connectivity index (χ2v) is 9.19. The first-order valence-corrected chi connectivity index (χ1v) is 12.3. The Morgan fingerprint density at radius 2 is 1.49 bits per heavy atom. The molecule has 41 heavy (non-hydrogen) atoms. The number of hydrogen-bond donors (Lipinski definition) is 0. The molecule has 0 radical (unpaired) electrons. The SMILES string of the molecule is CCCC1COC(c2ccc(C(=O)Oc3cc(F)c(-c4ccc(C(F)(F)OC(F)(F)F)c(F)c4)c(F)c3)cc2)OC1. The zero-order chi connectivity index (χ0) is 29.9. The van der Waals surface area contributed by atoms with Gasteiger partial charge in [-0.3, -0.25) is 0 Å². The molecule has 220 valence electrons. The van der Waals surface area contributed by atoms with Crippen molar-refractivity contribution in [2.45, 2.75) is 38.5 Å². The maximum absolute atomic E-state index is 14.8. The summed E-state index contributed by atoms with van der Waals surface area (Å²) in [5.74, 6) is -5.83. The fourth-order valence-corrected chi connectivity index (χ4v) is 4.24. The van der Waals surface area contributed by atoms with Crippen molar-refractivity contribution < 1.29 is 58.9 Å². The van der Waals surface area contributed by atoms with E-state index in [-0.39, 0.29) is 17.7 Å². The summed E-state index contributed by atoms with van der Waals surface area (Å²) in [6, 6.07) is 8.20. The Labute approximate surface area is 228 Å². The van der Waals surface area contributed by atoms with Crippen LogP contribution in [0, 0.1) is 23.4 Å². The standard InChI is InChI=1S/C28H22F8O5/c1-2-3-15-13-38-26(39-14-15)17-6-4-16(5-7-17)25(37)40-19-11-22(30)24(23(31)12-19)18-8-9-20(21(29)10-18)27(32,33)41-28(34,35)36/h4-12,15,26H,2-3,13-14H2,1H3. The highest BCUT2D eigenvalue weighted by Crippen LogP contribution is 2.39. The third-order valence-corrected chi connectivity index (χ3v) is 6.12. The van der Waals surface area contributed by atoms with Gasteiger partial charge in [0.05, 0.1) is 29.9 Å². The van der Waals surface area contributed by atoms with Crippen molar-refractivity contribution in [1.29, 1.82) is 0 Å². The van der Waals surface area contributed by atoms with E-state index in [0.717, 1.165) is 12.8 Å². The number of benzene rings is 3. The average molecular weight is 590 g/mol. The highest BCUT2D eigenvalue weighted by molar-refractivity contribution is 5.91. The van der Waals surface area contributed by atoms with E-state index in [9.17, 15) is 39.9 Å². The summed E-state index contributed by atoms with van der Waals surface area (Å²) in [6.45, 7) is 3.13. The van der Waals surface area contributed by atoms with Gasteiger partial charge in [-0.1, -0.05) is 31.5 Å². The van der Waals surface area contributed by atoms with Crippen molar-refractivity contribution in [1.82, 2.24) is 0 Å². The van der Waals surface area contributed by atoms with Crippen LogP contribution in [0.25, 0.3) is 11.1 Å². The quantitative estimate of drug-likeness (QED) is 0.151. The lowest BCUT2D eigenvalue weighted by Crippen LogP contribution is -2.28. The molecule has 0 N–H and O–H groups in total. The predicted octanol–water partition coefficient (Wildman–Crippen LogP) is 8.04. The van der Waals surface area contributed by atoms with Gasteiger partial charge >= 0.3 is 18.4 Å². The molecule has 0 atom stereocenters. The van der Waals surface area contributed by atoms with Gasteiger partial charge in [0.25, 0.3) is 0 Å². The molecule has 0 aromatic heterocycles. The molecule has 0 bridgehead atoms. The third kappa shape index (κ3) is 7.40. The Bertz CT molecular complexity index is 1360. The zero-order valence-corrected chi connectivity index (χ0v) is 21.2. The van der Waals surface area contributed by atoms with Crippen molar-refractivity contribution in [3.63, 3.8) is 0 Å². The van der Waals surface area contributed by atoms with Crippen LogP contribution in [-0.2, 0) is 20.3 Å². The minimum Gasteiger partial charge on any atom is -0.423 e. The van der Waals surface area contributed by atoms with Gasteiger partial charge in [0.15, 0.2) is 6.29 Å². The smallest absolute Gasteiger partial charge is 0.423 e. The fourth-order valence-electron chi connectivity index (χ4n) is 4.24. The van der Waals surface area contributed by atoms with Crippen LogP contribution in [0.2, 0.25) is 0 Å². The average Bonchev–Trinajstić information content (AvgIpc) is 2.87. The largest absolute Gasteiger partial charge is 0.527 e. The Kier molecular flexibility index (Phi) is 9.00. The van der Waals surface area contributed by atoms with Gasteiger partial charge in [0.1, 0.15) is 23.2 Å². The topological polar surface area (TPSA) is 54.0 Å². The van der Waals surface area contributed by atoms with Gasteiger partial charge in [0, 0.05) is 23.6 Å². The molecule has 1 fully saturated rings. The zero-order valence-electron chi connectivity index (χ0n) is 21.2. The van der Waals surface area contributed by atoms with E-state index in [0.29, 0.717) is 42.9 Å². The normalized spacial score (nSPS) is 17.9. The van der Waals surface area contributed by atoms with Gasteiger partial charge in [-0.15, -0.1) is 13.2 Å². The number of alkyl halides is 5.